The standard InChI is InChI=1S/C30H23ClFN5O5S/c1-2-15-12-17(42-22-9-8-20-26(35-22)43-28(34-20)36-25(38)16-6-7-16)13-21(24(15)32)37(29(40)41)27(39)18-4-3-5-19(23(18)31)30(14-33)10-11-30/h3-5,8-9,12-13,16H,2,6-7,10-11H2,1H3,(H,40,41)(H,34,36,38). The van der Waals surface area contributed by atoms with E-state index in [1.54, 1.807) is 19.1 Å². The molecule has 43 heavy (non-hydrogen) atoms. The molecule has 0 bridgehead atoms. The van der Waals surface area contributed by atoms with Crippen molar-refractivity contribution in [2.75, 3.05) is 10.2 Å². The third-order valence-electron chi connectivity index (χ3n) is 7.46. The van der Waals surface area contributed by atoms with Crippen LogP contribution < -0.4 is 15.0 Å². The number of carbonyl (C=O) groups excluding carboxylic acids is 2. The van der Waals surface area contributed by atoms with Gasteiger partial charge in [0.25, 0.3) is 5.91 Å². The summed E-state index contributed by atoms with van der Waals surface area (Å²) in [5, 5.41) is 22.9. The van der Waals surface area contributed by atoms with Gasteiger partial charge in [0.05, 0.1) is 27.8 Å². The lowest BCUT2D eigenvalue weighted by Gasteiger charge is -2.22. The number of nitrogens with zero attached hydrogens (tertiary/aromatic N) is 4. The van der Waals surface area contributed by atoms with Crippen LogP contribution in [0.25, 0.3) is 10.3 Å². The summed E-state index contributed by atoms with van der Waals surface area (Å²) in [5.41, 5.74) is -0.460. The highest BCUT2D eigenvalue weighted by molar-refractivity contribution is 7.21. The van der Waals surface area contributed by atoms with Crippen molar-refractivity contribution in [2.45, 2.75) is 44.4 Å². The first-order chi connectivity index (χ1) is 20.6. The molecule has 2 aromatic carbocycles. The maximum Gasteiger partial charge on any atom is 0.419 e. The molecule has 0 unspecified atom stereocenters. The monoisotopic (exact) mass is 619 g/mol. The Morgan fingerprint density at radius 1 is 1.23 bits per heavy atom. The summed E-state index contributed by atoms with van der Waals surface area (Å²) < 4.78 is 21.6. The molecule has 3 amide bonds. The number of amides is 3. The number of benzene rings is 2. The number of thiazole rings is 1. The molecule has 218 valence electrons. The molecule has 2 aliphatic carbocycles. The van der Waals surface area contributed by atoms with Gasteiger partial charge in [0.15, 0.2) is 10.9 Å². The maximum atomic E-state index is 15.6. The Hall–Kier alpha value is -4.60. The fraction of sp³-hybridized carbons (Fsp3) is 0.267. The minimum absolute atomic E-state index is 0.0175. The summed E-state index contributed by atoms with van der Waals surface area (Å²) in [7, 11) is 0. The molecule has 2 aromatic heterocycles. The molecule has 2 aliphatic rings. The highest BCUT2D eigenvalue weighted by Crippen LogP contribution is 2.50. The van der Waals surface area contributed by atoms with Crippen LogP contribution in [0.15, 0.2) is 42.5 Å². The number of imide groups is 1. The fourth-order valence-corrected chi connectivity index (χ4v) is 5.98. The van der Waals surface area contributed by atoms with Crippen LogP contribution in [0.5, 0.6) is 11.6 Å². The Balaban J connectivity index is 1.33. The van der Waals surface area contributed by atoms with Crippen molar-refractivity contribution in [3.63, 3.8) is 0 Å². The van der Waals surface area contributed by atoms with Gasteiger partial charge in [0.2, 0.25) is 11.8 Å². The number of halogens is 2. The number of fused-ring (bicyclic) bond motifs is 1. The Morgan fingerprint density at radius 2 is 2.00 bits per heavy atom. The predicted octanol–water partition coefficient (Wildman–Crippen LogP) is 7.07. The molecule has 0 spiro atoms. The third-order valence-corrected chi connectivity index (χ3v) is 8.75. The van der Waals surface area contributed by atoms with Gasteiger partial charge >= 0.3 is 6.09 Å². The Kier molecular flexibility index (Phi) is 7.23. The number of nitriles is 1. The molecule has 13 heteroatoms. The number of anilines is 2. The van der Waals surface area contributed by atoms with Crippen molar-refractivity contribution in [1.29, 1.82) is 5.26 Å². The van der Waals surface area contributed by atoms with Gasteiger partial charge in [0, 0.05) is 18.1 Å². The molecule has 10 nitrogen and oxygen atoms in total. The molecule has 2 heterocycles. The second-order valence-electron chi connectivity index (χ2n) is 10.4. The first-order valence-electron chi connectivity index (χ1n) is 13.5. The number of pyridine rings is 1. The predicted molar refractivity (Wildman–Crippen MR) is 157 cm³/mol. The minimum Gasteiger partial charge on any atom is -0.464 e. The summed E-state index contributed by atoms with van der Waals surface area (Å²) >= 11 is 7.70. The quantitative estimate of drug-likeness (QED) is 0.213. The van der Waals surface area contributed by atoms with Gasteiger partial charge in [-0.1, -0.05) is 42.0 Å². The second-order valence-corrected chi connectivity index (χ2v) is 11.8. The van der Waals surface area contributed by atoms with Gasteiger partial charge in [-0.25, -0.2) is 24.1 Å². The number of hydrogen-bond donors (Lipinski definition) is 2. The van der Waals surface area contributed by atoms with E-state index in [1.165, 1.54) is 35.6 Å². The average molecular weight is 620 g/mol. The number of aryl methyl sites for hydroxylation is 1. The number of carboxylic acid groups (broad SMARTS) is 1. The van der Waals surface area contributed by atoms with Crippen molar-refractivity contribution >= 4 is 62.0 Å². The first-order valence-corrected chi connectivity index (χ1v) is 14.7. The lowest BCUT2D eigenvalue weighted by molar-refractivity contribution is -0.117. The molecule has 2 N–H and O–H groups in total. The van der Waals surface area contributed by atoms with Gasteiger partial charge < -0.3 is 15.2 Å². The largest absolute Gasteiger partial charge is 0.464 e. The SMILES string of the molecule is CCc1cc(Oc2ccc3nc(NC(=O)C4CC4)sc3n2)cc(N(C(=O)O)C(=O)c2cccc(C3(C#N)CC3)c2Cl)c1F. The number of aromatic nitrogens is 2. The van der Waals surface area contributed by atoms with Crippen LogP contribution in [-0.4, -0.2) is 33.0 Å². The summed E-state index contributed by atoms with van der Waals surface area (Å²) in [5.74, 6) is -1.88. The summed E-state index contributed by atoms with van der Waals surface area (Å²) in [6.07, 6.45) is 1.29. The fourth-order valence-electron chi connectivity index (χ4n) is 4.76. The zero-order valence-corrected chi connectivity index (χ0v) is 24.3. The molecule has 2 saturated carbocycles. The van der Waals surface area contributed by atoms with E-state index >= 15 is 4.39 Å². The van der Waals surface area contributed by atoms with Crippen molar-refractivity contribution in [2.24, 2.45) is 5.92 Å². The van der Waals surface area contributed by atoms with Crippen LogP contribution in [0.4, 0.5) is 20.0 Å². The molecular formula is C30H23ClFN5O5S. The van der Waals surface area contributed by atoms with E-state index in [9.17, 15) is 24.8 Å². The lowest BCUT2D eigenvalue weighted by atomic mass is 9.95. The van der Waals surface area contributed by atoms with Crippen LogP contribution in [0.1, 0.15) is 54.1 Å². The van der Waals surface area contributed by atoms with Crippen molar-refractivity contribution in [3.8, 4) is 17.7 Å². The van der Waals surface area contributed by atoms with Crippen LogP contribution >= 0.6 is 22.9 Å². The lowest BCUT2D eigenvalue weighted by Crippen LogP contribution is -2.37. The number of hydrogen-bond acceptors (Lipinski definition) is 8. The van der Waals surface area contributed by atoms with E-state index in [2.05, 4.69) is 21.4 Å². The highest BCUT2D eigenvalue weighted by atomic mass is 35.5. The second kappa shape index (κ2) is 10.9. The van der Waals surface area contributed by atoms with E-state index in [-0.39, 0.29) is 50.9 Å². The number of nitrogens with one attached hydrogen (secondary N) is 1. The highest BCUT2D eigenvalue weighted by Gasteiger charge is 2.47. The number of rotatable bonds is 8. The normalized spacial score (nSPS) is 15.0. The van der Waals surface area contributed by atoms with Gasteiger partial charge in [0.1, 0.15) is 16.1 Å². The first kappa shape index (κ1) is 28.5. The van der Waals surface area contributed by atoms with Crippen LogP contribution in [0, 0.1) is 23.1 Å². The molecule has 4 aromatic rings. The Labute approximate surface area is 253 Å². The van der Waals surface area contributed by atoms with Gasteiger partial charge in [-0.3, -0.25) is 9.59 Å². The molecule has 0 saturated heterocycles. The van der Waals surface area contributed by atoms with Gasteiger partial charge in [-0.15, -0.1) is 0 Å². The van der Waals surface area contributed by atoms with Crippen molar-refractivity contribution < 1.29 is 28.6 Å². The number of carbonyl (C=O) groups is 3. The molecule has 2 fully saturated rings. The van der Waals surface area contributed by atoms with Crippen LogP contribution in [0.3, 0.4) is 0 Å². The zero-order chi connectivity index (χ0) is 30.5. The van der Waals surface area contributed by atoms with Gasteiger partial charge in [-0.2, -0.15) is 5.26 Å². The topological polar surface area (TPSA) is 146 Å². The smallest absolute Gasteiger partial charge is 0.419 e. The Bertz CT molecular complexity index is 1860. The summed E-state index contributed by atoms with van der Waals surface area (Å²) in [4.78, 5) is 47.7. The van der Waals surface area contributed by atoms with E-state index < -0.39 is 28.9 Å². The molecule has 0 aliphatic heterocycles. The third kappa shape index (κ3) is 5.37. The van der Waals surface area contributed by atoms with Crippen molar-refractivity contribution in [3.05, 3.63) is 70.0 Å². The average Bonchev–Trinajstić information content (AvgIpc) is 3.91. The van der Waals surface area contributed by atoms with E-state index in [4.69, 9.17) is 16.3 Å². The molecular weight excluding hydrogens is 597 g/mol. The van der Waals surface area contributed by atoms with Crippen LogP contribution in [0.2, 0.25) is 5.02 Å². The number of ether oxygens (including phenoxy) is 1. The van der Waals surface area contributed by atoms with Crippen molar-refractivity contribution in [1.82, 2.24) is 9.97 Å². The molecule has 6 rings (SSSR count). The van der Waals surface area contributed by atoms with E-state index in [0.29, 0.717) is 33.9 Å². The molecule has 0 atom stereocenters. The van der Waals surface area contributed by atoms with Gasteiger partial charge in [-0.05, 0) is 61.4 Å². The summed E-state index contributed by atoms with van der Waals surface area (Å²) in [6, 6.07) is 12.4. The van der Waals surface area contributed by atoms with E-state index in [0.717, 1.165) is 18.9 Å². The maximum absolute atomic E-state index is 15.6. The Morgan fingerprint density at radius 3 is 2.65 bits per heavy atom. The van der Waals surface area contributed by atoms with Crippen LogP contribution in [-0.2, 0) is 16.6 Å². The minimum atomic E-state index is -1.73. The van der Waals surface area contributed by atoms with E-state index in [1.807, 2.05) is 0 Å². The molecule has 0 radical (unpaired) electrons. The summed E-state index contributed by atoms with van der Waals surface area (Å²) in [6.45, 7) is 1.68. The zero-order valence-electron chi connectivity index (χ0n) is 22.7.